The molecule has 1 aliphatic rings. The van der Waals surface area contributed by atoms with Crippen molar-refractivity contribution in [3.8, 4) is 0 Å². The molecule has 1 heterocycles. The molecule has 0 atom stereocenters. The molecular formula is C18H20N2O. The van der Waals surface area contributed by atoms with Crippen LogP contribution in [0.5, 0.6) is 0 Å². The highest BCUT2D eigenvalue weighted by Gasteiger charge is 2.24. The molecule has 0 unspecified atom stereocenters. The highest BCUT2D eigenvalue weighted by atomic mass is 16.2. The second kappa shape index (κ2) is 5.24. The maximum atomic E-state index is 12.3. The smallest absolute Gasteiger partial charge is 0.246 e. The van der Waals surface area contributed by atoms with Crippen LogP contribution in [0.1, 0.15) is 22.3 Å². The summed E-state index contributed by atoms with van der Waals surface area (Å²) < 4.78 is 0. The van der Waals surface area contributed by atoms with Crippen molar-refractivity contribution in [2.45, 2.75) is 27.3 Å². The predicted octanol–water partition coefficient (Wildman–Crippen LogP) is 3.57. The Labute approximate surface area is 125 Å². The SMILES string of the molecule is Cc1ccc(CN2C(=O)CNc3cc(C)c(C)cc32)cc1. The molecule has 0 saturated carbocycles. The fourth-order valence-corrected chi connectivity index (χ4v) is 2.62. The van der Waals surface area contributed by atoms with Crippen LogP contribution in [0.3, 0.4) is 0 Å². The quantitative estimate of drug-likeness (QED) is 0.912. The number of nitrogens with one attached hydrogen (secondary N) is 1. The standard InChI is InChI=1S/C18H20N2O/c1-12-4-6-15(7-5-12)11-20-17-9-14(3)13(2)8-16(17)19-10-18(20)21/h4-9,19H,10-11H2,1-3H3. The number of fused-ring (bicyclic) bond motifs is 1. The van der Waals surface area contributed by atoms with Crippen molar-refractivity contribution >= 4 is 17.3 Å². The zero-order chi connectivity index (χ0) is 15.0. The molecule has 21 heavy (non-hydrogen) atoms. The predicted molar refractivity (Wildman–Crippen MR) is 86.8 cm³/mol. The molecule has 0 fully saturated rings. The molecule has 3 nitrogen and oxygen atoms in total. The van der Waals surface area contributed by atoms with Crippen LogP contribution in [-0.2, 0) is 11.3 Å². The van der Waals surface area contributed by atoms with Crippen LogP contribution in [0, 0.1) is 20.8 Å². The van der Waals surface area contributed by atoms with Crippen LogP contribution in [0.4, 0.5) is 11.4 Å². The van der Waals surface area contributed by atoms with Gasteiger partial charge in [-0.1, -0.05) is 29.8 Å². The van der Waals surface area contributed by atoms with Gasteiger partial charge in [-0.2, -0.15) is 0 Å². The fraction of sp³-hybridized carbons (Fsp3) is 0.278. The molecule has 0 aromatic heterocycles. The van der Waals surface area contributed by atoms with Gasteiger partial charge in [0.1, 0.15) is 0 Å². The normalized spacial score (nSPS) is 13.9. The third kappa shape index (κ3) is 2.64. The third-order valence-corrected chi connectivity index (χ3v) is 4.10. The van der Waals surface area contributed by atoms with Gasteiger partial charge in [0.25, 0.3) is 0 Å². The highest BCUT2D eigenvalue weighted by Crippen LogP contribution is 2.33. The minimum Gasteiger partial charge on any atom is -0.374 e. The summed E-state index contributed by atoms with van der Waals surface area (Å²) in [4.78, 5) is 14.2. The summed E-state index contributed by atoms with van der Waals surface area (Å²) in [5.41, 5.74) is 6.86. The third-order valence-electron chi connectivity index (χ3n) is 4.10. The molecule has 0 aliphatic carbocycles. The largest absolute Gasteiger partial charge is 0.374 e. The van der Waals surface area contributed by atoms with Crippen molar-refractivity contribution in [2.24, 2.45) is 0 Å². The molecule has 2 aromatic carbocycles. The Balaban J connectivity index is 1.97. The van der Waals surface area contributed by atoms with E-state index in [-0.39, 0.29) is 5.91 Å². The molecule has 1 aliphatic heterocycles. The number of hydrogen-bond donors (Lipinski definition) is 1. The summed E-state index contributed by atoms with van der Waals surface area (Å²) in [6, 6.07) is 12.6. The van der Waals surface area contributed by atoms with Crippen molar-refractivity contribution in [3.05, 3.63) is 58.7 Å². The van der Waals surface area contributed by atoms with Crippen LogP contribution in [-0.4, -0.2) is 12.5 Å². The van der Waals surface area contributed by atoms with Gasteiger partial charge in [0, 0.05) is 0 Å². The molecule has 0 spiro atoms. The molecule has 0 bridgehead atoms. The minimum absolute atomic E-state index is 0.117. The summed E-state index contributed by atoms with van der Waals surface area (Å²) in [6.07, 6.45) is 0. The number of nitrogens with zero attached hydrogens (tertiary/aromatic N) is 1. The average Bonchev–Trinajstić information content (AvgIpc) is 2.46. The molecule has 3 rings (SSSR count). The zero-order valence-corrected chi connectivity index (χ0v) is 12.7. The summed E-state index contributed by atoms with van der Waals surface area (Å²) in [5.74, 6) is 0.117. The van der Waals surface area contributed by atoms with Crippen molar-refractivity contribution in [1.82, 2.24) is 0 Å². The monoisotopic (exact) mass is 280 g/mol. The second-order valence-electron chi connectivity index (χ2n) is 5.77. The van der Waals surface area contributed by atoms with Crippen molar-refractivity contribution in [2.75, 3.05) is 16.8 Å². The van der Waals surface area contributed by atoms with Gasteiger partial charge in [-0.3, -0.25) is 4.79 Å². The molecule has 1 N–H and O–H groups in total. The van der Waals surface area contributed by atoms with Gasteiger partial charge in [0.2, 0.25) is 5.91 Å². The Morgan fingerprint density at radius 2 is 1.71 bits per heavy atom. The van der Waals surface area contributed by atoms with Crippen molar-refractivity contribution < 1.29 is 4.79 Å². The van der Waals surface area contributed by atoms with E-state index in [4.69, 9.17) is 0 Å². The number of rotatable bonds is 2. The van der Waals surface area contributed by atoms with E-state index >= 15 is 0 Å². The van der Waals surface area contributed by atoms with Gasteiger partial charge >= 0.3 is 0 Å². The average molecular weight is 280 g/mol. The van der Waals surface area contributed by atoms with Crippen molar-refractivity contribution in [1.29, 1.82) is 0 Å². The number of aryl methyl sites for hydroxylation is 3. The summed E-state index contributed by atoms with van der Waals surface area (Å²) in [5, 5.41) is 3.21. The Kier molecular flexibility index (Phi) is 3.42. The van der Waals surface area contributed by atoms with Crippen LogP contribution in [0.2, 0.25) is 0 Å². The number of amides is 1. The van der Waals surface area contributed by atoms with Gasteiger partial charge in [0.05, 0.1) is 24.5 Å². The number of carbonyl (C=O) groups is 1. The lowest BCUT2D eigenvalue weighted by atomic mass is 10.0. The van der Waals surface area contributed by atoms with Gasteiger partial charge in [-0.15, -0.1) is 0 Å². The molecule has 1 amide bonds. The first-order valence-electron chi connectivity index (χ1n) is 7.25. The fourth-order valence-electron chi connectivity index (χ4n) is 2.62. The van der Waals surface area contributed by atoms with Gasteiger partial charge in [-0.25, -0.2) is 0 Å². The van der Waals surface area contributed by atoms with E-state index in [0.717, 1.165) is 16.9 Å². The zero-order valence-electron chi connectivity index (χ0n) is 12.7. The summed E-state index contributed by atoms with van der Waals surface area (Å²) in [7, 11) is 0. The Morgan fingerprint density at radius 1 is 1.05 bits per heavy atom. The molecule has 108 valence electrons. The van der Waals surface area contributed by atoms with E-state index in [2.05, 4.69) is 62.5 Å². The minimum atomic E-state index is 0.117. The maximum Gasteiger partial charge on any atom is 0.246 e. The Morgan fingerprint density at radius 3 is 2.43 bits per heavy atom. The second-order valence-corrected chi connectivity index (χ2v) is 5.77. The molecule has 0 radical (unpaired) electrons. The number of anilines is 2. The number of benzene rings is 2. The van der Waals surface area contributed by atoms with Gasteiger partial charge < -0.3 is 10.2 Å². The maximum absolute atomic E-state index is 12.3. The van der Waals surface area contributed by atoms with E-state index in [0.29, 0.717) is 13.1 Å². The first kappa shape index (κ1) is 13.7. The topological polar surface area (TPSA) is 32.3 Å². The Hall–Kier alpha value is -2.29. The first-order valence-corrected chi connectivity index (χ1v) is 7.25. The lowest BCUT2D eigenvalue weighted by Crippen LogP contribution is -2.39. The van der Waals surface area contributed by atoms with E-state index in [1.54, 1.807) is 0 Å². The first-order chi connectivity index (χ1) is 10.0. The van der Waals surface area contributed by atoms with Crippen LogP contribution in [0.15, 0.2) is 36.4 Å². The number of hydrogen-bond acceptors (Lipinski definition) is 2. The lowest BCUT2D eigenvalue weighted by Gasteiger charge is -2.31. The molecular weight excluding hydrogens is 260 g/mol. The summed E-state index contributed by atoms with van der Waals surface area (Å²) in [6.45, 7) is 7.23. The van der Waals surface area contributed by atoms with E-state index in [9.17, 15) is 4.79 Å². The lowest BCUT2D eigenvalue weighted by molar-refractivity contribution is -0.117. The van der Waals surface area contributed by atoms with E-state index in [1.807, 2.05) is 4.90 Å². The van der Waals surface area contributed by atoms with Crippen LogP contribution >= 0.6 is 0 Å². The van der Waals surface area contributed by atoms with Crippen LogP contribution < -0.4 is 10.2 Å². The van der Waals surface area contributed by atoms with Gasteiger partial charge in [0.15, 0.2) is 0 Å². The van der Waals surface area contributed by atoms with Crippen molar-refractivity contribution in [3.63, 3.8) is 0 Å². The van der Waals surface area contributed by atoms with Gasteiger partial charge in [-0.05, 0) is 49.6 Å². The van der Waals surface area contributed by atoms with Crippen LogP contribution in [0.25, 0.3) is 0 Å². The Bertz CT molecular complexity index is 689. The molecule has 0 saturated heterocycles. The number of carbonyl (C=O) groups excluding carboxylic acids is 1. The molecule has 3 heteroatoms. The van der Waals surface area contributed by atoms with E-state index in [1.165, 1.54) is 16.7 Å². The highest BCUT2D eigenvalue weighted by molar-refractivity contribution is 6.02. The molecule has 2 aromatic rings. The summed E-state index contributed by atoms with van der Waals surface area (Å²) >= 11 is 0. The van der Waals surface area contributed by atoms with E-state index < -0.39 is 0 Å².